The monoisotopic (exact) mass is 256 g/mol. The molecule has 4 nitrogen and oxygen atoms in total. The molecule has 1 atom stereocenters. The number of pyridine rings is 1. The van der Waals surface area contributed by atoms with Gasteiger partial charge in [0.1, 0.15) is 11.4 Å². The maximum atomic E-state index is 12.8. The van der Waals surface area contributed by atoms with Gasteiger partial charge in [0, 0.05) is 18.7 Å². The van der Waals surface area contributed by atoms with Crippen LogP contribution in [-0.2, 0) is 6.18 Å². The molecule has 0 bridgehead atoms. The van der Waals surface area contributed by atoms with Gasteiger partial charge in [-0.2, -0.15) is 13.2 Å². The molecule has 1 N–H and O–H groups in total. The van der Waals surface area contributed by atoms with Crippen molar-refractivity contribution in [2.75, 3.05) is 13.1 Å². The minimum absolute atomic E-state index is 0.119. The van der Waals surface area contributed by atoms with Gasteiger partial charge < -0.3 is 5.32 Å². The average molecular weight is 256 g/mol. The van der Waals surface area contributed by atoms with Gasteiger partial charge in [0.05, 0.1) is 0 Å². The molecule has 96 valence electrons. The third-order valence-electron chi connectivity index (χ3n) is 3.19. The Morgan fingerprint density at radius 2 is 2.17 bits per heavy atom. The van der Waals surface area contributed by atoms with E-state index in [2.05, 4.69) is 15.5 Å². The third kappa shape index (κ3) is 1.74. The first kappa shape index (κ1) is 11.5. The standard InChI is InChI=1S/C11H11F3N4/c12-11(13,14)8-2-1-5-18-9(16-17-10(8)18)7-3-4-15-6-7/h1-2,5,7,15H,3-4,6H2. The maximum Gasteiger partial charge on any atom is 0.420 e. The van der Waals surface area contributed by atoms with Gasteiger partial charge in [-0.3, -0.25) is 4.40 Å². The highest BCUT2D eigenvalue weighted by Gasteiger charge is 2.35. The van der Waals surface area contributed by atoms with Gasteiger partial charge in [0.2, 0.25) is 0 Å². The van der Waals surface area contributed by atoms with E-state index in [-0.39, 0.29) is 11.6 Å². The largest absolute Gasteiger partial charge is 0.420 e. The fraction of sp³-hybridized carbons (Fsp3) is 0.455. The lowest BCUT2D eigenvalue weighted by Crippen LogP contribution is -2.11. The summed E-state index contributed by atoms with van der Waals surface area (Å²) >= 11 is 0. The molecule has 1 aliphatic rings. The molecule has 3 heterocycles. The van der Waals surface area contributed by atoms with Gasteiger partial charge in [-0.1, -0.05) is 0 Å². The zero-order valence-electron chi connectivity index (χ0n) is 9.41. The van der Waals surface area contributed by atoms with E-state index in [0.29, 0.717) is 5.82 Å². The lowest BCUT2D eigenvalue weighted by atomic mass is 10.1. The highest BCUT2D eigenvalue weighted by molar-refractivity contribution is 5.49. The zero-order valence-corrected chi connectivity index (χ0v) is 9.41. The molecule has 1 saturated heterocycles. The molecule has 0 aromatic carbocycles. The fourth-order valence-electron chi connectivity index (χ4n) is 2.31. The Kier molecular flexibility index (Phi) is 2.51. The summed E-state index contributed by atoms with van der Waals surface area (Å²) in [7, 11) is 0. The van der Waals surface area contributed by atoms with Crippen LogP contribution in [0.5, 0.6) is 0 Å². The molecule has 1 aliphatic heterocycles. The number of aromatic nitrogens is 3. The molecule has 0 saturated carbocycles. The van der Waals surface area contributed by atoms with Crippen LogP contribution in [0, 0.1) is 0 Å². The molecular formula is C11H11F3N4. The van der Waals surface area contributed by atoms with E-state index in [1.54, 1.807) is 6.20 Å². The van der Waals surface area contributed by atoms with Gasteiger partial charge >= 0.3 is 6.18 Å². The van der Waals surface area contributed by atoms with E-state index in [0.717, 1.165) is 25.6 Å². The fourth-order valence-corrected chi connectivity index (χ4v) is 2.31. The predicted octanol–water partition coefficient (Wildman–Crippen LogP) is 1.82. The predicted molar refractivity (Wildman–Crippen MR) is 58.2 cm³/mol. The SMILES string of the molecule is FC(F)(F)c1cccn2c(C3CCNC3)nnc12. The maximum absolute atomic E-state index is 12.8. The van der Waals surface area contributed by atoms with Crippen LogP contribution in [0.25, 0.3) is 5.65 Å². The van der Waals surface area contributed by atoms with E-state index in [9.17, 15) is 13.2 Å². The van der Waals surface area contributed by atoms with E-state index < -0.39 is 11.7 Å². The molecule has 0 aliphatic carbocycles. The molecular weight excluding hydrogens is 245 g/mol. The molecule has 18 heavy (non-hydrogen) atoms. The first-order valence-corrected chi connectivity index (χ1v) is 5.69. The van der Waals surface area contributed by atoms with Crippen LogP contribution in [0.2, 0.25) is 0 Å². The van der Waals surface area contributed by atoms with E-state index in [4.69, 9.17) is 0 Å². The second kappa shape index (κ2) is 3.94. The van der Waals surface area contributed by atoms with Crippen LogP contribution >= 0.6 is 0 Å². The minimum Gasteiger partial charge on any atom is -0.316 e. The van der Waals surface area contributed by atoms with Crippen molar-refractivity contribution in [1.82, 2.24) is 19.9 Å². The smallest absolute Gasteiger partial charge is 0.316 e. The molecule has 0 amide bonds. The van der Waals surface area contributed by atoms with Crippen molar-refractivity contribution < 1.29 is 13.2 Å². The average Bonchev–Trinajstić information content (AvgIpc) is 2.95. The number of rotatable bonds is 1. The van der Waals surface area contributed by atoms with Crippen molar-refractivity contribution in [3.8, 4) is 0 Å². The molecule has 7 heteroatoms. The summed E-state index contributed by atoms with van der Waals surface area (Å²) in [5, 5.41) is 10.8. The molecule has 0 radical (unpaired) electrons. The van der Waals surface area contributed by atoms with Crippen molar-refractivity contribution in [2.45, 2.75) is 18.5 Å². The minimum atomic E-state index is -4.40. The zero-order chi connectivity index (χ0) is 12.8. The van der Waals surface area contributed by atoms with Crippen LogP contribution in [0.3, 0.4) is 0 Å². The van der Waals surface area contributed by atoms with Crippen molar-refractivity contribution in [1.29, 1.82) is 0 Å². The van der Waals surface area contributed by atoms with Gasteiger partial charge in [0.25, 0.3) is 0 Å². The summed E-state index contributed by atoms with van der Waals surface area (Å²) in [4.78, 5) is 0. The number of alkyl halides is 3. The van der Waals surface area contributed by atoms with Gasteiger partial charge in [-0.05, 0) is 25.1 Å². The first-order valence-electron chi connectivity index (χ1n) is 5.69. The van der Waals surface area contributed by atoms with Crippen molar-refractivity contribution in [3.05, 3.63) is 29.7 Å². The highest BCUT2D eigenvalue weighted by atomic mass is 19.4. The van der Waals surface area contributed by atoms with E-state index in [1.807, 2.05) is 0 Å². The number of nitrogens with zero attached hydrogens (tertiary/aromatic N) is 3. The summed E-state index contributed by atoms with van der Waals surface area (Å²) in [5.74, 6) is 0.726. The van der Waals surface area contributed by atoms with Crippen LogP contribution < -0.4 is 5.32 Å². The third-order valence-corrected chi connectivity index (χ3v) is 3.19. The molecule has 2 aromatic heterocycles. The molecule has 1 unspecified atom stereocenters. The Balaban J connectivity index is 2.14. The molecule has 0 spiro atoms. The van der Waals surface area contributed by atoms with Crippen LogP contribution in [0.15, 0.2) is 18.3 Å². The van der Waals surface area contributed by atoms with Crippen LogP contribution in [-0.4, -0.2) is 27.7 Å². The summed E-state index contributed by atoms with van der Waals surface area (Å²) in [6, 6.07) is 2.41. The quantitative estimate of drug-likeness (QED) is 0.846. The lowest BCUT2D eigenvalue weighted by molar-refractivity contribution is -0.136. The van der Waals surface area contributed by atoms with Crippen molar-refractivity contribution in [2.24, 2.45) is 0 Å². The number of hydrogen-bond acceptors (Lipinski definition) is 3. The van der Waals surface area contributed by atoms with E-state index in [1.165, 1.54) is 10.5 Å². The van der Waals surface area contributed by atoms with Crippen LogP contribution in [0.1, 0.15) is 23.7 Å². The number of hydrogen-bond donors (Lipinski definition) is 1. The Bertz CT molecular complexity index is 569. The summed E-state index contributed by atoms with van der Waals surface area (Å²) in [6.45, 7) is 1.59. The van der Waals surface area contributed by atoms with Gasteiger partial charge in [-0.15, -0.1) is 10.2 Å². The second-order valence-corrected chi connectivity index (χ2v) is 4.36. The first-order chi connectivity index (χ1) is 8.57. The number of halogens is 3. The van der Waals surface area contributed by atoms with Crippen LogP contribution in [0.4, 0.5) is 13.2 Å². The lowest BCUT2D eigenvalue weighted by Gasteiger charge is -2.09. The topological polar surface area (TPSA) is 42.2 Å². The van der Waals surface area contributed by atoms with Gasteiger partial charge in [-0.25, -0.2) is 0 Å². The number of fused-ring (bicyclic) bond motifs is 1. The van der Waals surface area contributed by atoms with E-state index >= 15 is 0 Å². The summed E-state index contributed by atoms with van der Waals surface area (Å²) in [6.07, 6.45) is -1.95. The molecule has 2 aromatic rings. The summed E-state index contributed by atoms with van der Waals surface area (Å²) < 4.78 is 39.9. The Hall–Kier alpha value is -1.63. The van der Waals surface area contributed by atoms with Crippen molar-refractivity contribution in [3.63, 3.8) is 0 Å². The Morgan fingerprint density at radius 3 is 2.83 bits per heavy atom. The normalized spacial score (nSPS) is 20.7. The Labute approximate surface area is 101 Å². The van der Waals surface area contributed by atoms with Gasteiger partial charge in [0.15, 0.2) is 5.65 Å². The Morgan fingerprint density at radius 1 is 1.33 bits per heavy atom. The molecule has 3 rings (SSSR count). The second-order valence-electron chi connectivity index (χ2n) is 4.36. The molecule has 1 fully saturated rings. The van der Waals surface area contributed by atoms with Crippen molar-refractivity contribution >= 4 is 5.65 Å². The highest BCUT2D eigenvalue weighted by Crippen LogP contribution is 2.32. The number of nitrogens with one attached hydrogen (secondary N) is 1. The summed E-state index contributed by atoms with van der Waals surface area (Å²) in [5.41, 5.74) is -0.860.